The number of morpholine rings is 1. The molecule has 3 unspecified atom stereocenters. The van der Waals surface area contributed by atoms with Gasteiger partial charge in [0.2, 0.25) is 0 Å². The van der Waals surface area contributed by atoms with E-state index in [1.807, 2.05) is 4.90 Å². The number of aliphatic hydroxyl groups is 1. The summed E-state index contributed by atoms with van der Waals surface area (Å²) in [7, 11) is 0. The first-order valence-electron chi connectivity index (χ1n) is 7.20. The molecule has 0 saturated carbocycles. The van der Waals surface area contributed by atoms with Crippen LogP contribution >= 0.6 is 0 Å². The molecule has 19 heavy (non-hydrogen) atoms. The number of β-amino-alcohol motifs (C(OH)–C–C–N with tert-alkyl or cyclic N) is 1. The van der Waals surface area contributed by atoms with Crippen molar-refractivity contribution in [1.82, 2.24) is 9.80 Å². The first-order valence-corrected chi connectivity index (χ1v) is 7.20. The summed E-state index contributed by atoms with van der Waals surface area (Å²) < 4.78 is 5.68. The summed E-state index contributed by atoms with van der Waals surface area (Å²) in [6.07, 6.45) is 1.04. The standard InChI is InChI=1S/C14H27N3O2/c1-4-6-16(7-5-15)10-14(18)11-17-8-12(2)19-13(3)9-17/h12-14,18H,4,6-11H2,1-3H3. The van der Waals surface area contributed by atoms with Gasteiger partial charge in [0.25, 0.3) is 0 Å². The van der Waals surface area contributed by atoms with Gasteiger partial charge in [-0.05, 0) is 26.8 Å². The van der Waals surface area contributed by atoms with Crippen LogP contribution in [0.4, 0.5) is 0 Å². The second-order valence-corrected chi connectivity index (χ2v) is 5.52. The van der Waals surface area contributed by atoms with E-state index in [4.69, 9.17) is 10.00 Å². The molecule has 3 atom stereocenters. The van der Waals surface area contributed by atoms with Gasteiger partial charge in [-0.2, -0.15) is 5.26 Å². The lowest BCUT2D eigenvalue weighted by molar-refractivity contribution is -0.0778. The van der Waals surface area contributed by atoms with Crippen molar-refractivity contribution >= 4 is 0 Å². The summed E-state index contributed by atoms with van der Waals surface area (Å²) in [5.74, 6) is 0. The molecule has 5 nitrogen and oxygen atoms in total. The largest absolute Gasteiger partial charge is 0.390 e. The highest BCUT2D eigenvalue weighted by molar-refractivity contribution is 4.80. The minimum Gasteiger partial charge on any atom is -0.390 e. The van der Waals surface area contributed by atoms with Gasteiger partial charge < -0.3 is 9.84 Å². The molecule has 0 radical (unpaired) electrons. The fourth-order valence-corrected chi connectivity index (χ4v) is 2.74. The zero-order valence-corrected chi connectivity index (χ0v) is 12.4. The molecule has 1 saturated heterocycles. The summed E-state index contributed by atoms with van der Waals surface area (Å²) in [4.78, 5) is 4.26. The third kappa shape index (κ3) is 6.35. The van der Waals surface area contributed by atoms with Crippen molar-refractivity contribution in [3.63, 3.8) is 0 Å². The van der Waals surface area contributed by atoms with Gasteiger partial charge in [0.15, 0.2) is 0 Å². The maximum Gasteiger partial charge on any atom is 0.0866 e. The Kier molecular flexibility index (Phi) is 7.32. The monoisotopic (exact) mass is 269 g/mol. The van der Waals surface area contributed by atoms with E-state index in [0.717, 1.165) is 26.1 Å². The first-order chi connectivity index (χ1) is 9.05. The molecule has 1 aliphatic heterocycles. The van der Waals surface area contributed by atoms with Gasteiger partial charge in [-0.1, -0.05) is 6.92 Å². The maximum absolute atomic E-state index is 10.2. The van der Waals surface area contributed by atoms with Crippen LogP contribution in [0.3, 0.4) is 0 Å². The van der Waals surface area contributed by atoms with Crippen molar-refractivity contribution in [3.8, 4) is 6.07 Å². The molecule has 0 aromatic heterocycles. The third-order valence-electron chi connectivity index (χ3n) is 3.27. The Morgan fingerprint density at radius 1 is 1.42 bits per heavy atom. The first kappa shape index (κ1) is 16.4. The molecule has 5 heteroatoms. The van der Waals surface area contributed by atoms with Crippen molar-refractivity contribution in [2.24, 2.45) is 0 Å². The topological polar surface area (TPSA) is 59.7 Å². The van der Waals surface area contributed by atoms with Gasteiger partial charge in [0, 0.05) is 26.2 Å². The molecule has 1 rings (SSSR count). The summed E-state index contributed by atoms with van der Waals surface area (Å²) in [6.45, 7) is 10.4. The fraction of sp³-hybridized carbons (Fsp3) is 0.929. The summed E-state index contributed by atoms with van der Waals surface area (Å²) in [5, 5.41) is 18.9. The fourth-order valence-electron chi connectivity index (χ4n) is 2.74. The normalized spacial score (nSPS) is 26.3. The number of aliphatic hydroxyl groups excluding tert-OH is 1. The van der Waals surface area contributed by atoms with Crippen LogP contribution in [0, 0.1) is 11.3 Å². The second-order valence-electron chi connectivity index (χ2n) is 5.52. The van der Waals surface area contributed by atoms with Crippen LogP contribution in [-0.4, -0.2) is 72.5 Å². The lowest BCUT2D eigenvalue weighted by Gasteiger charge is -2.36. The van der Waals surface area contributed by atoms with E-state index in [0.29, 0.717) is 19.6 Å². The Labute approximate surface area is 116 Å². The zero-order valence-electron chi connectivity index (χ0n) is 12.4. The van der Waals surface area contributed by atoms with Crippen LogP contribution in [0.15, 0.2) is 0 Å². The lowest BCUT2D eigenvalue weighted by Crippen LogP contribution is -2.49. The van der Waals surface area contributed by atoms with Crippen LogP contribution in [0.25, 0.3) is 0 Å². The van der Waals surface area contributed by atoms with Gasteiger partial charge in [0.05, 0.1) is 30.9 Å². The molecular weight excluding hydrogens is 242 g/mol. The van der Waals surface area contributed by atoms with E-state index in [-0.39, 0.29) is 12.2 Å². The number of hydrogen-bond acceptors (Lipinski definition) is 5. The van der Waals surface area contributed by atoms with E-state index in [9.17, 15) is 5.11 Å². The molecule has 0 amide bonds. The van der Waals surface area contributed by atoms with Crippen molar-refractivity contribution < 1.29 is 9.84 Å². The van der Waals surface area contributed by atoms with Crippen LogP contribution in [-0.2, 0) is 4.74 Å². The smallest absolute Gasteiger partial charge is 0.0866 e. The number of nitriles is 1. The van der Waals surface area contributed by atoms with E-state index >= 15 is 0 Å². The molecule has 0 aromatic rings. The van der Waals surface area contributed by atoms with E-state index in [2.05, 4.69) is 31.7 Å². The molecule has 1 fully saturated rings. The molecule has 1 aliphatic rings. The average Bonchev–Trinajstić information content (AvgIpc) is 2.27. The van der Waals surface area contributed by atoms with Gasteiger partial charge in [-0.25, -0.2) is 0 Å². The molecule has 0 spiro atoms. The number of nitrogens with zero attached hydrogens (tertiary/aromatic N) is 3. The van der Waals surface area contributed by atoms with Crippen molar-refractivity contribution in [2.45, 2.75) is 45.5 Å². The van der Waals surface area contributed by atoms with Gasteiger partial charge in [-0.3, -0.25) is 9.80 Å². The lowest BCUT2D eigenvalue weighted by atomic mass is 10.2. The Morgan fingerprint density at radius 2 is 2.05 bits per heavy atom. The summed E-state index contributed by atoms with van der Waals surface area (Å²) in [5.41, 5.74) is 0. The highest BCUT2D eigenvalue weighted by Gasteiger charge is 2.24. The van der Waals surface area contributed by atoms with Crippen molar-refractivity contribution in [2.75, 3.05) is 39.3 Å². The third-order valence-corrected chi connectivity index (χ3v) is 3.27. The quantitative estimate of drug-likeness (QED) is 0.689. The van der Waals surface area contributed by atoms with E-state index in [1.165, 1.54) is 0 Å². The molecular formula is C14H27N3O2. The zero-order chi connectivity index (χ0) is 14.3. The SMILES string of the molecule is CCCN(CC#N)CC(O)CN1CC(C)OC(C)C1. The Bertz CT molecular complexity index is 283. The molecule has 1 heterocycles. The van der Waals surface area contributed by atoms with Crippen LogP contribution in [0.1, 0.15) is 27.2 Å². The number of ether oxygens (including phenoxy) is 1. The predicted molar refractivity (Wildman–Crippen MR) is 74.8 cm³/mol. The molecule has 1 N–H and O–H groups in total. The summed E-state index contributed by atoms with van der Waals surface area (Å²) >= 11 is 0. The van der Waals surface area contributed by atoms with Gasteiger partial charge >= 0.3 is 0 Å². The Hall–Kier alpha value is -0.670. The molecule has 0 aliphatic carbocycles. The second kappa shape index (κ2) is 8.49. The van der Waals surface area contributed by atoms with Crippen LogP contribution < -0.4 is 0 Å². The van der Waals surface area contributed by atoms with Gasteiger partial charge in [-0.15, -0.1) is 0 Å². The Balaban J connectivity index is 2.36. The van der Waals surface area contributed by atoms with Gasteiger partial charge in [0.1, 0.15) is 0 Å². The highest BCUT2D eigenvalue weighted by atomic mass is 16.5. The maximum atomic E-state index is 10.2. The number of hydrogen-bond donors (Lipinski definition) is 1. The molecule has 0 aromatic carbocycles. The van der Waals surface area contributed by atoms with Crippen molar-refractivity contribution in [3.05, 3.63) is 0 Å². The minimum absolute atomic E-state index is 0.224. The Morgan fingerprint density at radius 3 is 2.58 bits per heavy atom. The van der Waals surface area contributed by atoms with E-state index < -0.39 is 6.10 Å². The van der Waals surface area contributed by atoms with Crippen LogP contribution in [0.5, 0.6) is 0 Å². The minimum atomic E-state index is -0.405. The van der Waals surface area contributed by atoms with Crippen LogP contribution in [0.2, 0.25) is 0 Å². The van der Waals surface area contributed by atoms with E-state index in [1.54, 1.807) is 0 Å². The highest BCUT2D eigenvalue weighted by Crippen LogP contribution is 2.11. The predicted octanol–water partition coefficient (Wildman–Crippen LogP) is 0.692. The average molecular weight is 269 g/mol. The number of rotatable bonds is 7. The molecule has 0 bridgehead atoms. The van der Waals surface area contributed by atoms with Crippen molar-refractivity contribution in [1.29, 1.82) is 5.26 Å². The summed E-state index contributed by atoms with van der Waals surface area (Å²) in [6, 6.07) is 2.16. The molecule has 110 valence electrons.